The number of aliphatic hydroxyl groups is 1. The van der Waals surface area contributed by atoms with Crippen molar-refractivity contribution in [1.29, 1.82) is 0 Å². The second-order valence-corrected chi connectivity index (χ2v) is 3.10. The number of esters is 1. The van der Waals surface area contributed by atoms with Crippen molar-refractivity contribution in [2.24, 2.45) is 5.73 Å². The van der Waals surface area contributed by atoms with Crippen molar-refractivity contribution in [3.63, 3.8) is 0 Å². The molecule has 0 aliphatic carbocycles. The number of hydrogen-bond acceptors (Lipinski definition) is 4. The molecule has 0 aliphatic rings. The van der Waals surface area contributed by atoms with E-state index in [2.05, 4.69) is 9.72 Å². The number of H-pyrrole nitrogens is 1. The maximum atomic E-state index is 11.1. The third-order valence-corrected chi connectivity index (χ3v) is 2.02. The summed E-state index contributed by atoms with van der Waals surface area (Å²) in [5.74, 6) is -0.450. The number of aromatic amines is 1. The standard InChI is InChI=1S/C9H14N2O3/c1-5(12)8(10)6-3-7(11-4-6)9(13)14-2/h3-5,8,11-12H,10H2,1-2H3/t5-,8-/m0/s1. The van der Waals surface area contributed by atoms with Crippen LogP contribution in [0.2, 0.25) is 0 Å². The predicted octanol–water partition coefficient (Wildman–Crippen LogP) is 0.182. The van der Waals surface area contributed by atoms with Crippen molar-refractivity contribution >= 4 is 5.97 Å². The van der Waals surface area contributed by atoms with E-state index in [-0.39, 0.29) is 0 Å². The SMILES string of the molecule is COC(=O)c1cc([C@@H](N)[C@H](C)O)c[nH]1. The summed E-state index contributed by atoms with van der Waals surface area (Å²) in [6.07, 6.45) is 0.931. The highest BCUT2D eigenvalue weighted by molar-refractivity contribution is 5.87. The Balaban J connectivity index is 2.82. The van der Waals surface area contributed by atoms with Crippen LogP contribution in [-0.2, 0) is 4.74 Å². The van der Waals surface area contributed by atoms with E-state index >= 15 is 0 Å². The quantitative estimate of drug-likeness (QED) is 0.604. The van der Waals surface area contributed by atoms with Crippen LogP contribution < -0.4 is 5.73 Å². The lowest BCUT2D eigenvalue weighted by Gasteiger charge is -2.11. The van der Waals surface area contributed by atoms with Crippen LogP contribution in [-0.4, -0.2) is 29.3 Å². The van der Waals surface area contributed by atoms with Crippen molar-refractivity contribution < 1.29 is 14.6 Å². The van der Waals surface area contributed by atoms with Gasteiger partial charge in [-0.05, 0) is 18.6 Å². The number of methoxy groups -OCH3 is 1. The van der Waals surface area contributed by atoms with Gasteiger partial charge in [0.05, 0.1) is 19.3 Å². The summed E-state index contributed by atoms with van der Waals surface area (Å²) in [4.78, 5) is 13.8. The van der Waals surface area contributed by atoms with Gasteiger partial charge in [-0.15, -0.1) is 0 Å². The molecule has 0 amide bonds. The summed E-state index contributed by atoms with van der Waals surface area (Å²) in [5.41, 5.74) is 6.68. The Morgan fingerprint density at radius 3 is 2.86 bits per heavy atom. The molecule has 1 aromatic rings. The molecule has 5 nitrogen and oxygen atoms in total. The second-order valence-electron chi connectivity index (χ2n) is 3.10. The summed E-state index contributed by atoms with van der Waals surface area (Å²) < 4.78 is 4.52. The number of hydrogen-bond donors (Lipinski definition) is 3. The van der Waals surface area contributed by atoms with Gasteiger partial charge in [-0.25, -0.2) is 4.79 Å². The van der Waals surface area contributed by atoms with Gasteiger partial charge in [-0.2, -0.15) is 0 Å². The molecule has 0 fully saturated rings. The first-order valence-corrected chi connectivity index (χ1v) is 4.26. The summed E-state index contributed by atoms with van der Waals surface area (Å²) in [6, 6.07) is 1.08. The molecule has 0 aliphatic heterocycles. The first kappa shape index (κ1) is 10.7. The van der Waals surface area contributed by atoms with Gasteiger partial charge in [0, 0.05) is 6.20 Å². The summed E-state index contributed by atoms with van der Waals surface area (Å²) >= 11 is 0. The predicted molar refractivity (Wildman–Crippen MR) is 50.7 cm³/mol. The number of aliphatic hydroxyl groups excluding tert-OH is 1. The van der Waals surface area contributed by atoms with E-state index < -0.39 is 18.1 Å². The van der Waals surface area contributed by atoms with Gasteiger partial charge in [0.2, 0.25) is 0 Å². The number of carbonyl (C=O) groups excluding carboxylic acids is 1. The van der Waals surface area contributed by atoms with Crippen LogP contribution in [0.15, 0.2) is 12.3 Å². The number of aromatic nitrogens is 1. The molecule has 14 heavy (non-hydrogen) atoms. The van der Waals surface area contributed by atoms with E-state index in [1.54, 1.807) is 19.2 Å². The molecular formula is C9H14N2O3. The number of ether oxygens (including phenoxy) is 1. The molecular weight excluding hydrogens is 184 g/mol. The van der Waals surface area contributed by atoms with Crippen molar-refractivity contribution in [3.05, 3.63) is 23.5 Å². The first-order valence-electron chi connectivity index (χ1n) is 4.26. The zero-order valence-corrected chi connectivity index (χ0v) is 8.15. The molecule has 4 N–H and O–H groups in total. The molecule has 0 saturated heterocycles. The summed E-state index contributed by atoms with van der Waals surface area (Å²) in [6.45, 7) is 1.59. The van der Waals surface area contributed by atoms with Gasteiger partial charge < -0.3 is 20.6 Å². The Bertz CT molecular complexity index is 320. The molecule has 78 valence electrons. The molecule has 0 saturated carbocycles. The highest BCUT2D eigenvalue weighted by atomic mass is 16.5. The highest BCUT2D eigenvalue weighted by Gasteiger charge is 2.16. The topological polar surface area (TPSA) is 88.3 Å². The van der Waals surface area contributed by atoms with E-state index in [0.717, 1.165) is 0 Å². The van der Waals surface area contributed by atoms with Crippen molar-refractivity contribution in [1.82, 2.24) is 4.98 Å². The lowest BCUT2D eigenvalue weighted by Crippen LogP contribution is -2.22. The number of carbonyl (C=O) groups is 1. The lowest BCUT2D eigenvalue weighted by atomic mass is 10.1. The maximum absolute atomic E-state index is 11.1. The highest BCUT2D eigenvalue weighted by Crippen LogP contribution is 2.15. The molecule has 1 rings (SSSR count). The minimum atomic E-state index is -0.656. The zero-order chi connectivity index (χ0) is 10.7. The van der Waals surface area contributed by atoms with Gasteiger partial charge in [0.15, 0.2) is 0 Å². The summed E-state index contributed by atoms with van der Waals surface area (Å²) in [7, 11) is 1.30. The fourth-order valence-electron chi connectivity index (χ4n) is 1.11. The molecule has 0 bridgehead atoms. The molecule has 0 aromatic carbocycles. The van der Waals surface area contributed by atoms with Crippen molar-refractivity contribution in [3.8, 4) is 0 Å². The van der Waals surface area contributed by atoms with E-state index in [9.17, 15) is 9.90 Å². The van der Waals surface area contributed by atoms with Gasteiger partial charge in [-0.1, -0.05) is 0 Å². The minimum Gasteiger partial charge on any atom is -0.464 e. The van der Waals surface area contributed by atoms with Crippen molar-refractivity contribution in [2.45, 2.75) is 19.1 Å². The summed E-state index contributed by atoms with van der Waals surface area (Å²) in [5, 5.41) is 9.22. The van der Waals surface area contributed by atoms with E-state index in [1.165, 1.54) is 7.11 Å². The lowest BCUT2D eigenvalue weighted by molar-refractivity contribution is 0.0594. The molecule has 2 atom stereocenters. The van der Waals surface area contributed by atoms with Gasteiger partial charge in [0.1, 0.15) is 5.69 Å². The normalized spacial score (nSPS) is 14.9. The Hall–Kier alpha value is -1.33. The molecule has 0 spiro atoms. The Kier molecular flexibility index (Phi) is 3.27. The Morgan fingerprint density at radius 2 is 2.36 bits per heavy atom. The third-order valence-electron chi connectivity index (χ3n) is 2.02. The van der Waals surface area contributed by atoms with Crippen LogP contribution >= 0.6 is 0 Å². The van der Waals surface area contributed by atoms with Crippen LogP contribution in [0.1, 0.15) is 29.0 Å². The molecule has 1 heterocycles. The number of nitrogens with one attached hydrogen (secondary N) is 1. The van der Waals surface area contributed by atoms with E-state index in [1.807, 2.05) is 0 Å². The minimum absolute atomic E-state index is 0.332. The average Bonchev–Trinajstić information content (AvgIpc) is 2.64. The first-order chi connectivity index (χ1) is 6.56. The third kappa shape index (κ3) is 2.12. The molecule has 5 heteroatoms. The Labute approximate surface area is 81.9 Å². The van der Waals surface area contributed by atoms with Crippen LogP contribution in [0.4, 0.5) is 0 Å². The average molecular weight is 198 g/mol. The maximum Gasteiger partial charge on any atom is 0.354 e. The fourth-order valence-corrected chi connectivity index (χ4v) is 1.11. The monoisotopic (exact) mass is 198 g/mol. The number of nitrogens with two attached hydrogens (primary N) is 1. The molecule has 1 aromatic heterocycles. The van der Waals surface area contributed by atoms with Gasteiger partial charge >= 0.3 is 5.97 Å². The van der Waals surface area contributed by atoms with Crippen LogP contribution in [0.5, 0.6) is 0 Å². The van der Waals surface area contributed by atoms with E-state index in [4.69, 9.17) is 5.73 Å². The molecule has 0 unspecified atom stereocenters. The smallest absolute Gasteiger partial charge is 0.354 e. The van der Waals surface area contributed by atoms with Crippen LogP contribution in [0.3, 0.4) is 0 Å². The fraction of sp³-hybridized carbons (Fsp3) is 0.444. The van der Waals surface area contributed by atoms with Gasteiger partial charge in [-0.3, -0.25) is 0 Å². The zero-order valence-electron chi connectivity index (χ0n) is 8.15. The largest absolute Gasteiger partial charge is 0.464 e. The van der Waals surface area contributed by atoms with Crippen molar-refractivity contribution in [2.75, 3.05) is 7.11 Å². The number of rotatable bonds is 3. The van der Waals surface area contributed by atoms with Crippen LogP contribution in [0.25, 0.3) is 0 Å². The molecule has 0 radical (unpaired) electrons. The van der Waals surface area contributed by atoms with E-state index in [0.29, 0.717) is 11.3 Å². The van der Waals surface area contributed by atoms with Gasteiger partial charge in [0.25, 0.3) is 0 Å². The second kappa shape index (κ2) is 4.26. The van der Waals surface area contributed by atoms with Crippen LogP contribution in [0, 0.1) is 0 Å². The Morgan fingerprint density at radius 1 is 1.71 bits per heavy atom.